The second kappa shape index (κ2) is 12.3. The first-order chi connectivity index (χ1) is 15.6. The molecule has 33 heavy (non-hydrogen) atoms. The highest BCUT2D eigenvalue weighted by Crippen LogP contribution is 2.28. The minimum atomic E-state index is -0.678. The van der Waals surface area contributed by atoms with Gasteiger partial charge in [-0.05, 0) is 75.4 Å². The summed E-state index contributed by atoms with van der Waals surface area (Å²) in [7, 11) is 0. The highest BCUT2D eigenvalue weighted by Gasteiger charge is 2.30. The average molecular weight is 493 g/mol. The van der Waals surface area contributed by atoms with Gasteiger partial charge in [0.2, 0.25) is 5.91 Å². The van der Waals surface area contributed by atoms with E-state index in [1.165, 1.54) is 4.90 Å². The molecule has 0 heterocycles. The van der Waals surface area contributed by atoms with Gasteiger partial charge in [0.05, 0.1) is 0 Å². The summed E-state index contributed by atoms with van der Waals surface area (Å²) in [6.07, 6.45) is 1.24. The van der Waals surface area contributed by atoms with E-state index in [2.05, 4.69) is 11.4 Å². The Kier molecular flexibility index (Phi) is 10.1. The fourth-order valence-electron chi connectivity index (χ4n) is 3.59. The van der Waals surface area contributed by atoms with Gasteiger partial charge in [-0.25, -0.2) is 0 Å². The van der Waals surface area contributed by atoms with Crippen LogP contribution in [-0.2, 0) is 16.1 Å². The van der Waals surface area contributed by atoms with Crippen LogP contribution in [0.5, 0.6) is 5.75 Å². The highest BCUT2D eigenvalue weighted by atomic mass is 35.5. The average Bonchev–Trinajstić information content (AvgIpc) is 2.76. The predicted molar refractivity (Wildman–Crippen MR) is 135 cm³/mol. The smallest absolute Gasteiger partial charge is 0.261 e. The second-order valence-electron chi connectivity index (χ2n) is 8.46. The third-order valence-corrected chi connectivity index (χ3v) is 6.60. The summed E-state index contributed by atoms with van der Waals surface area (Å²) >= 11 is 12.8. The van der Waals surface area contributed by atoms with Gasteiger partial charge in [0.1, 0.15) is 11.8 Å². The van der Waals surface area contributed by atoms with E-state index >= 15 is 0 Å². The number of hydrogen-bond acceptors (Lipinski definition) is 3. The predicted octanol–water partition coefficient (Wildman–Crippen LogP) is 6.02. The topological polar surface area (TPSA) is 58.6 Å². The van der Waals surface area contributed by atoms with E-state index in [9.17, 15) is 9.59 Å². The lowest BCUT2D eigenvalue weighted by Crippen LogP contribution is -2.51. The molecule has 2 amide bonds. The van der Waals surface area contributed by atoms with Gasteiger partial charge in [0.25, 0.3) is 5.91 Å². The molecular formula is C26H34Cl2N2O3. The number of nitrogens with zero attached hydrogens (tertiary/aromatic N) is 1. The molecule has 0 radical (unpaired) electrons. The summed E-state index contributed by atoms with van der Waals surface area (Å²) in [6, 6.07) is 8.51. The van der Waals surface area contributed by atoms with Crippen LogP contribution >= 0.6 is 23.2 Å². The van der Waals surface area contributed by atoms with Gasteiger partial charge in [0.15, 0.2) is 6.61 Å². The number of amides is 2. The Labute approximate surface area is 207 Å². The molecule has 5 nitrogen and oxygen atoms in total. The highest BCUT2D eigenvalue weighted by molar-refractivity contribution is 6.36. The van der Waals surface area contributed by atoms with Crippen molar-refractivity contribution in [2.75, 3.05) is 6.61 Å². The third kappa shape index (κ3) is 7.12. The number of benzene rings is 2. The standard InChI is InChI=1S/C26H34Cl2N2O3/c1-7-18(5)29-26(32)23(8-2)30(14-20-21(27)10-9-11-22(20)28)25(31)15-33-24-13-16(3)12-17(4)19(24)6/h9-13,18,23H,7-8,14-15H2,1-6H3,(H,29,32)/t18-,23-/m0/s1. The fraction of sp³-hybridized carbons (Fsp3) is 0.462. The minimum Gasteiger partial charge on any atom is -0.483 e. The number of halogens is 2. The van der Waals surface area contributed by atoms with E-state index in [-0.39, 0.29) is 31.0 Å². The van der Waals surface area contributed by atoms with Gasteiger partial charge in [-0.1, -0.05) is 49.2 Å². The molecule has 0 aliphatic rings. The summed E-state index contributed by atoms with van der Waals surface area (Å²) in [5.74, 6) is 0.148. The molecule has 2 atom stereocenters. The second-order valence-corrected chi connectivity index (χ2v) is 9.27. The largest absolute Gasteiger partial charge is 0.483 e. The summed E-state index contributed by atoms with van der Waals surface area (Å²) in [4.78, 5) is 28.0. The van der Waals surface area contributed by atoms with E-state index in [1.807, 2.05) is 47.6 Å². The number of carbonyl (C=O) groups is 2. The molecule has 180 valence electrons. The lowest BCUT2D eigenvalue weighted by molar-refractivity contribution is -0.143. The van der Waals surface area contributed by atoms with Crippen molar-refractivity contribution in [1.29, 1.82) is 0 Å². The fourth-order valence-corrected chi connectivity index (χ4v) is 4.10. The van der Waals surface area contributed by atoms with Crippen LogP contribution in [0.2, 0.25) is 10.0 Å². The Morgan fingerprint density at radius 3 is 2.27 bits per heavy atom. The third-order valence-electron chi connectivity index (χ3n) is 5.89. The molecule has 0 saturated carbocycles. The molecule has 0 bridgehead atoms. The summed E-state index contributed by atoms with van der Waals surface area (Å²) in [6.45, 7) is 11.7. The van der Waals surface area contributed by atoms with Crippen LogP contribution in [-0.4, -0.2) is 35.4 Å². The molecule has 7 heteroatoms. The van der Waals surface area contributed by atoms with E-state index in [0.717, 1.165) is 23.1 Å². The molecule has 1 N–H and O–H groups in total. The van der Waals surface area contributed by atoms with Crippen molar-refractivity contribution in [3.8, 4) is 5.75 Å². The molecular weight excluding hydrogens is 459 g/mol. The first-order valence-corrected chi connectivity index (χ1v) is 12.1. The molecule has 0 aliphatic heterocycles. The number of carbonyl (C=O) groups excluding carboxylic acids is 2. The molecule has 2 aromatic rings. The summed E-state index contributed by atoms with van der Waals surface area (Å²) in [5.41, 5.74) is 3.73. The Morgan fingerprint density at radius 1 is 1.06 bits per heavy atom. The number of ether oxygens (including phenoxy) is 1. The van der Waals surface area contributed by atoms with Crippen molar-refractivity contribution in [2.45, 2.75) is 73.0 Å². The normalized spacial score (nSPS) is 12.7. The summed E-state index contributed by atoms with van der Waals surface area (Å²) in [5, 5.41) is 3.88. The maximum absolute atomic E-state index is 13.4. The zero-order valence-corrected chi connectivity index (χ0v) is 21.8. The first kappa shape index (κ1) is 27.0. The Bertz CT molecular complexity index is 973. The zero-order valence-electron chi connectivity index (χ0n) is 20.3. The van der Waals surface area contributed by atoms with Crippen LogP contribution < -0.4 is 10.1 Å². The van der Waals surface area contributed by atoms with Gasteiger partial charge >= 0.3 is 0 Å². The molecule has 0 aromatic heterocycles. The van der Waals surface area contributed by atoms with Gasteiger partial charge < -0.3 is 15.0 Å². The van der Waals surface area contributed by atoms with Crippen LogP contribution in [0, 0.1) is 20.8 Å². The Balaban J connectivity index is 2.34. The maximum Gasteiger partial charge on any atom is 0.261 e. The number of rotatable bonds is 10. The van der Waals surface area contributed by atoms with Crippen molar-refractivity contribution in [2.24, 2.45) is 0 Å². The minimum absolute atomic E-state index is 0.00146. The van der Waals surface area contributed by atoms with Crippen LogP contribution in [0.25, 0.3) is 0 Å². The molecule has 0 aliphatic carbocycles. The van der Waals surface area contributed by atoms with Crippen molar-refractivity contribution in [3.05, 3.63) is 62.6 Å². The van der Waals surface area contributed by atoms with Crippen molar-refractivity contribution in [3.63, 3.8) is 0 Å². The quantitative estimate of drug-likeness (QED) is 0.440. The van der Waals surface area contributed by atoms with E-state index in [4.69, 9.17) is 27.9 Å². The van der Waals surface area contributed by atoms with Crippen molar-refractivity contribution >= 4 is 35.0 Å². The number of aryl methyl sites for hydroxylation is 2. The lowest BCUT2D eigenvalue weighted by Gasteiger charge is -2.32. The van der Waals surface area contributed by atoms with Gasteiger partial charge in [-0.3, -0.25) is 9.59 Å². The van der Waals surface area contributed by atoms with Crippen LogP contribution in [0.3, 0.4) is 0 Å². The van der Waals surface area contributed by atoms with Gasteiger partial charge in [-0.15, -0.1) is 0 Å². The molecule has 0 unspecified atom stereocenters. The van der Waals surface area contributed by atoms with Gasteiger partial charge in [-0.2, -0.15) is 0 Å². The van der Waals surface area contributed by atoms with E-state index in [1.54, 1.807) is 18.2 Å². The number of hydrogen-bond donors (Lipinski definition) is 1. The van der Waals surface area contributed by atoms with Crippen molar-refractivity contribution in [1.82, 2.24) is 10.2 Å². The molecule has 2 rings (SSSR count). The molecule has 2 aromatic carbocycles. The summed E-state index contributed by atoms with van der Waals surface area (Å²) < 4.78 is 5.93. The van der Waals surface area contributed by atoms with Crippen LogP contribution in [0.1, 0.15) is 55.9 Å². The maximum atomic E-state index is 13.4. The Hall–Kier alpha value is -2.24. The number of nitrogens with one attached hydrogen (secondary N) is 1. The molecule has 0 spiro atoms. The SMILES string of the molecule is CC[C@H](C)NC(=O)[C@H](CC)N(Cc1c(Cl)cccc1Cl)C(=O)COc1cc(C)cc(C)c1C. The van der Waals surface area contributed by atoms with Crippen molar-refractivity contribution < 1.29 is 14.3 Å². The Morgan fingerprint density at radius 2 is 1.70 bits per heavy atom. The van der Waals surface area contributed by atoms with E-state index in [0.29, 0.717) is 27.8 Å². The monoisotopic (exact) mass is 492 g/mol. The first-order valence-electron chi connectivity index (χ1n) is 11.3. The molecule has 0 fully saturated rings. The van der Waals surface area contributed by atoms with E-state index < -0.39 is 6.04 Å². The lowest BCUT2D eigenvalue weighted by atomic mass is 10.1. The molecule has 0 saturated heterocycles. The zero-order chi connectivity index (χ0) is 24.7. The van der Waals surface area contributed by atoms with Gasteiger partial charge in [0, 0.05) is 28.2 Å². The van der Waals surface area contributed by atoms with Crippen LogP contribution in [0.4, 0.5) is 0 Å². The van der Waals surface area contributed by atoms with Crippen LogP contribution in [0.15, 0.2) is 30.3 Å².